The number of nitrogens with zero attached hydrogens (tertiary/aromatic N) is 2. The number of anilines is 1. The van der Waals surface area contributed by atoms with Gasteiger partial charge >= 0.3 is 0 Å². The lowest BCUT2D eigenvalue weighted by Crippen LogP contribution is -2.01. The van der Waals surface area contributed by atoms with Crippen molar-refractivity contribution in [3.63, 3.8) is 0 Å². The molecule has 0 fully saturated rings. The predicted molar refractivity (Wildman–Crippen MR) is 67.7 cm³/mol. The highest BCUT2D eigenvalue weighted by Crippen LogP contribution is 2.12. The second kappa shape index (κ2) is 5.33. The number of hydrogen-bond donors (Lipinski definition) is 1. The van der Waals surface area contributed by atoms with Gasteiger partial charge in [-0.1, -0.05) is 23.7 Å². The Bertz CT molecular complexity index is 561. The summed E-state index contributed by atoms with van der Waals surface area (Å²) in [5.74, 6) is 0.684. The number of nitriles is 1. The smallest absolute Gasteiger partial charge is 0.127 e. The second-order valence-electron chi connectivity index (χ2n) is 3.53. The van der Waals surface area contributed by atoms with Gasteiger partial charge in [0.2, 0.25) is 0 Å². The summed E-state index contributed by atoms with van der Waals surface area (Å²) in [6.45, 7) is 0.627. The van der Waals surface area contributed by atoms with Gasteiger partial charge in [-0.05, 0) is 29.8 Å². The van der Waals surface area contributed by atoms with E-state index in [9.17, 15) is 0 Å². The summed E-state index contributed by atoms with van der Waals surface area (Å²) < 4.78 is 0. The highest BCUT2D eigenvalue weighted by molar-refractivity contribution is 6.30. The van der Waals surface area contributed by atoms with Crippen LogP contribution in [0.15, 0.2) is 42.6 Å². The van der Waals surface area contributed by atoms with Gasteiger partial charge in [0.15, 0.2) is 0 Å². The third-order valence-electron chi connectivity index (χ3n) is 2.25. The molecule has 0 radical (unpaired) electrons. The molecule has 1 heterocycles. The molecule has 0 atom stereocenters. The Morgan fingerprint density at radius 1 is 1.29 bits per heavy atom. The SMILES string of the molecule is N#Cc1ccnc(NCc2cccc(Cl)c2)c1. The Morgan fingerprint density at radius 3 is 2.94 bits per heavy atom. The number of benzene rings is 1. The minimum atomic E-state index is 0.591. The van der Waals surface area contributed by atoms with E-state index in [4.69, 9.17) is 16.9 Å². The van der Waals surface area contributed by atoms with Crippen LogP contribution in [0.5, 0.6) is 0 Å². The van der Waals surface area contributed by atoms with E-state index >= 15 is 0 Å². The molecule has 17 heavy (non-hydrogen) atoms. The van der Waals surface area contributed by atoms with Crippen molar-refractivity contribution >= 4 is 17.4 Å². The Balaban J connectivity index is 2.05. The van der Waals surface area contributed by atoms with Gasteiger partial charge in [0, 0.05) is 17.8 Å². The Labute approximate surface area is 105 Å². The third-order valence-corrected chi connectivity index (χ3v) is 2.49. The predicted octanol–water partition coefficient (Wildman–Crippen LogP) is 3.22. The fraction of sp³-hybridized carbons (Fsp3) is 0.0769. The summed E-state index contributed by atoms with van der Waals surface area (Å²) in [5.41, 5.74) is 1.66. The molecule has 1 aromatic carbocycles. The van der Waals surface area contributed by atoms with E-state index in [1.165, 1.54) is 0 Å². The molecule has 0 aliphatic heterocycles. The second-order valence-corrected chi connectivity index (χ2v) is 3.96. The normalized spacial score (nSPS) is 9.65. The lowest BCUT2D eigenvalue weighted by atomic mass is 10.2. The lowest BCUT2D eigenvalue weighted by Gasteiger charge is -2.05. The topological polar surface area (TPSA) is 48.7 Å². The van der Waals surface area contributed by atoms with Gasteiger partial charge in [-0.25, -0.2) is 4.98 Å². The molecule has 0 aliphatic carbocycles. The summed E-state index contributed by atoms with van der Waals surface area (Å²) in [6, 6.07) is 13.1. The van der Waals surface area contributed by atoms with Gasteiger partial charge in [0.25, 0.3) is 0 Å². The molecule has 1 N–H and O–H groups in total. The Hall–Kier alpha value is -2.05. The van der Waals surface area contributed by atoms with Crippen LogP contribution in [-0.4, -0.2) is 4.98 Å². The molecule has 0 bridgehead atoms. The van der Waals surface area contributed by atoms with E-state index in [0.717, 1.165) is 5.56 Å². The summed E-state index contributed by atoms with van der Waals surface area (Å²) in [7, 11) is 0. The summed E-state index contributed by atoms with van der Waals surface area (Å²) in [6.07, 6.45) is 1.61. The Morgan fingerprint density at radius 2 is 2.18 bits per heavy atom. The average Bonchev–Trinajstić information content (AvgIpc) is 2.37. The monoisotopic (exact) mass is 243 g/mol. The first kappa shape index (κ1) is 11.4. The van der Waals surface area contributed by atoms with Crippen LogP contribution in [0.25, 0.3) is 0 Å². The van der Waals surface area contributed by atoms with Crippen LogP contribution in [0.4, 0.5) is 5.82 Å². The van der Waals surface area contributed by atoms with Crippen LogP contribution < -0.4 is 5.32 Å². The number of nitrogens with one attached hydrogen (secondary N) is 1. The molecule has 0 saturated heterocycles. The van der Waals surface area contributed by atoms with Crippen molar-refractivity contribution in [1.82, 2.24) is 4.98 Å². The van der Waals surface area contributed by atoms with Crippen LogP contribution in [0, 0.1) is 11.3 Å². The third kappa shape index (κ3) is 3.20. The summed E-state index contributed by atoms with van der Waals surface area (Å²) in [4.78, 5) is 4.13. The van der Waals surface area contributed by atoms with Gasteiger partial charge in [0.05, 0.1) is 11.6 Å². The van der Waals surface area contributed by atoms with Crippen molar-refractivity contribution in [2.45, 2.75) is 6.54 Å². The fourth-order valence-electron chi connectivity index (χ4n) is 1.44. The van der Waals surface area contributed by atoms with Crippen LogP contribution >= 0.6 is 11.6 Å². The van der Waals surface area contributed by atoms with Crippen LogP contribution in [0.2, 0.25) is 5.02 Å². The number of rotatable bonds is 3. The Kier molecular flexibility index (Phi) is 3.59. The van der Waals surface area contributed by atoms with Crippen LogP contribution in [0.3, 0.4) is 0 Å². The van der Waals surface area contributed by atoms with Gasteiger partial charge < -0.3 is 5.32 Å². The van der Waals surface area contributed by atoms with Gasteiger partial charge in [-0.3, -0.25) is 0 Å². The van der Waals surface area contributed by atoms with Crippen molar-refractivity contribution in [3.8, 4) is 6.07 Å². The molecule has 0 spiro atoms. The maximum absolute atomic E-state index is 8.76. The molecule has 0 unspecified atom stereocenters. The molecule has 2 rings (SSSR count). The molecule has 84 valence electrons. The average molecular weight is 244 g/mol. The van der Waals surface area contributed by atoms with Crippen molar-refractivity contribution in [1.29, 1.82) is 5.26 Å². The highest BCUT2D eigenvalue weighted by atomic mass is 35.5. The molecule has 4 heteroatoms. The van der Waals surface area contributed by atoms with E-state index in [0.29, 0.717) is 22.9 Å². The van der Waals surface area contributed by atoms with Crippen LogP contribution in [0.1, 0.15) is 11.1 Å². The van der Waals surface area contributed by atoms with Crippen molar-refractivity contribution in [2.75, 3.05) is 5.32 Å². The first-order chi connectivity index (χ1) is 8.28. The minimum Gasteiger partial charge on any atom is -0.366 e. The van der Waals surface area contributed by atoms with Crippen molar-refractivity contribution in [3.05, 3.63) is 58.7 Å². The zero-order valence-corrected chi connectivity index (χ0v) is 9.78. The summed E-state index contributed by atoms with van der Waals surface area (Å²) >= 11 is 5.89. The molecule has 0 amide bonds. The molecule has 1 aromatic heterocycles. The number of hydrogen-bond acceptors (Lipinski definition) is 3. The number of aromatic nitrogens is 1. The zero-order valence-electron chi connectivity index (χ0n) is 9.02. The minimum absolute atomic E-state index is 0.591. The molecule has 2 aromatic rings. The molecule has 3 nitrogen and oxygen atoms in total. The maximum atomic E-state index is 8.76. The first-order valence-electron chi connectivity index (χ1n) is 5.12. The molecule has 0 aliphatic rings. The van der Waals surface area contributed by atoms with E-state index in [1.54, 1.807) is 18.3 Å². The zero-order chi connectivity index (χ0) is 12.1. The molecular weight excluding hydrogens is 234 g/mol. The van der Waals surface area contributed by atoms with E-state index in [1.807, 2.05) is 24.3 Å². The van der Waals surface area contributed by atoms with Crippen molar-refractivity contribution in [2.24, 2.45) is 0 Å². The van der Waals surface area contributed by atoms with Crippen LogP contribution in [-0.2, 0) is 6.54 Å². The van der Waals surface area contributed by atoms with Gasteiger partial charge in [0.1, 0.15) is 5.82 Å². The largest absolute Gasteiger partial charge is 0.366 e. The van der Waals surface area contributed by atoms with Gasteiger partial charge in [-0.2, -0.15) is 5.26 Å². The summed E-state index contributed by atoms with van der Waals surface area (Å²) in [5, 5.41) is 12.6. The first-order valence-corrected chi connectivity index (χ1v) is 5.50. The van der Waals surface area contributed by atoms with Crippen molar-refractivity contribution < 1.29 is 0 Å². The number of pyridine rings is 1. The van der Waals surface area contributed by atoms with Gasteiger partial charge in [-0.15, -0.1) is 0 Å². The maximum Gasteiger partial charge on any atom is 0.127 e. The lowest BCUT2D eigenvalue weighted by molar-refractivity contribution is 1.11. The van der Waals surface area contributed by atoms with E-state index in [-0.39, 0.29) is 0 Å². The highest BCUT2D eigenvalue weighted by Gasteiger charge is 1.97. The quantitative estimate of drug-likeness (QED) is 0.901. The fourth-order valence-corrected chi connectivity index (χ4v) is 1.65. The number of halogens is 1. The van der Waals surface area contributed by atoms with E-state index in [2.05, 4.69) is 16.4 Å². The molecular formula is C13H10ClN3. The van der Waals surface area contributed by atoms with E-state index < -0.39 is 0 Å². The molecule has 0 saturated carbocycles. The standard InChI is InChI=1S/C13H10ClN3/c14-12-3-1-2-11(6-12)9-17-13-7-10(8-15)4-5-16-13/h1-7H,9H2,(H,16,17).